The number of imidazole rings is 1. The summed E-state index contributed by atoms with van der Waals surface area (Å²) in [5, 5.41) is 5.89. The molecule has 0 aliphatic carbocycles. The van der Waals surface area contributed by atoms with Crippen molar-refractivity contribution in [3.63, 3.8) is 0 Å². The number of hydrogen-bond donors (Lipinski definition) is 2. The Morgan fingerprint density at radius 2 is 1.79 bits per heavy atom. The van der Waals surface area contributed by atoms with Crippen LogP contribution in [-0.2, 0) is 7.05 Å². The maximum Gasteiger partial charge on any atom is 0.269 e. The minimum atomic E-state index is -0.262. The van der Waals surface area contributed by atoms with Crippen molar-refractivity contribution in [2.45, 2.75) is 6.92 Å². The highest BCUT2D eigenvalue weighted by Crippen LogP contribution is 2.28. The number of aromatic nitrogens is 3. The van der Waals surface area contributed by atoms with Crippen molar-refractivity contribution in [3.8, 4) is 11.5 Å². The van der Waals surface area contributed by atoms with E-state index < -0.39 is 0 Å². The highest BCUT2D eigenvalue weighted by molar-refractivity contribution is 5.92. The number of aryl methyl sites for hydroxylation is 2. The second-order valence-corrected chi connectivity index (χ2v) is 6.69. The molecule has 0 saturated heterocycles. The largest absolute Gasteiger partial charge is 0.457 e. The molecule has 1 amide bonds. The fourth-order valence-electron chi connectivity index (χ4n) is 2.98. The molecule has 0 bridgehead atoms. The number of amides is 1. The molecule has 2 aromatic carbocycles. The number of ether oxygens (including phenoxy) is 1. The van der Waals surface area contributed by atoms with Crippen molar-refractivity contribution >= 4 is 28.6 Å². The molecule has 4 aromatic rings. The molecule has 146 valence electrons. The van der Waals surface area contributed by atoms with E-state index in [1.807, 2.05) is 41.9 Å². The molecule has 29 heavy (non-hydrogen) atoms. The van der Waals surface area contributed by atoms with Gasteiger partial charge in [-0.2, -0.15) is 0 Å². The molecule has 2 heterocycles. The summed E-state index contributed by atoms with van der Waals surface area (Å²) in [4.78, 5) is 20.5. The van der Waals surface area contributed by atoms with Crippen LogP contribution in [0.25, 0.3) is 11.0 Å². The summed E-state index contributed by atoms with van der Waals surface area (Å²) < 4.78 is 7.91. The molecule has 0 aliphatic rings. The first-order valence-electron chi connectivity index (χ1n) is 9.19. The van der Waals surface area contributed by atoms with Gasteiger partial charge in [0.25, 0.3) is 5.91 Å². The Labute approximate surface area is 168 Å². The molecule has 7 nitrogen and oxygen atoms in total. The molecule has 0 fully saturated rings. The third-order valence-corrected chi connectivity index (χ3v) is 4.59. The molecular formula is C22H21N5O2. The lowest BCUT2D eigenvalue weighted by Gasteiger charge is -2.07. The number of anilines is 2. The van der Waals surface area contributed by atoms with Gasteiger partial charge in [-0.05, 0) is 37.3 Å². The third kappa shape index (κ3) is 3.89. The Morgan fingerprint density at radius 3 is 2.55 bits per heavy atom. The van der Waals surface area contributed by atoms with Crippen LogP contribution in [0.5, 0.6) is 11.5 Å². The van der Waals surface area contributed by atoms with Crippen molar-refractivity contribution in [3.05, 3.63) is 72.1 Å². The van der Waals surface area contributed by atoms with Crippen LogP contribution < -0.4 is 15.4 Å². The fourth-order valence-corrected chi connectivity index (χ4v) is 2.98. The lowest BCUT2D eigenvalue weighted by atomic mass is 10.2. The number of pyridine rings is 1. The van der Waals surface area contributed by atoms with Crippen LogP contribution in [0, 0.1) is 6.92 Å². The van der Waals surface area contributed by atoms with Gasteiger partial charge in [0.05, 0.1) is 11.0 Å². The van der Waals surface area contributed by atoms with Crippen LogP contribution >= 0.6 is 0 Å². The van der Waals surface area contributed by atoms with Gasteiger partial charge in [-0.25, -0.2) is 4.98 Å². The molecule has 2 aromatic heterocycles. The van der Waals surface area contributed by atoms with Gasteiger partial charge in [-0.15, -0.1) is 0 Å². The van der Waals surface area contributed by atoms with E-state index >= 15 is 0 Å². The van der Waals surface area contributed by atoms with E-state index in [-0.39, 0.29) is 5.91 Å². The fraction of sp³-hybridized carbons (Fsp3) is 0.136. The van der Waals surface area contributed by atoms with E-state index in [4.69, 9.17) is 4.74 Å². The van der Waals surface area contributed by atoms with Crippen LogP contribution in [0.4, 0.5) is 11.6 Å². The smallest absolute Gasteiger partial charge is 0.269 e. The topological polar surface area (TPSA) is 81.1 Å². The lowest BCUT2D eigenvalue weighted by Crippen LogP contribution is -2.18. The summed E-state index contributed by atoms with van der Waals surface area (Å²) >= 11 is 0. The number of carbonyl (C=O) groups excluding carboxylic acids is 1. The molecule has 0 atom stereocenters. The number of carbonyl (C=O) groups is 1. The first kappa shape index (κ1) is 18.5. The average Bonchev–Trinajstić information content (AvgIpc) is 3.04. The van der Waals surface area contributed by atoms with E-state index in [0.717, 1.165) is 22.7 Å². The monoisotopic (exact) mass is 387 g/mol. The quantitative estimate of drug-likeness (QED) is 0.537. The molecule has 0 spiro atoms. The highest BCUT2D eigenvalue weighted by Gasteiger charge is 2.11. The summed E-state index contributed by atoms with van der Waals surface area (Å²) in [7, 11) is 3.53. The number of rotatable bonds is 5. The molecule has 0 saturated carbocycles. The second kappa shape index (κ2) is 7.63. The van der Waals surface area contributed by atoms with Gasteiger partial charge in [0.2, 0.25) is 5.95 Å². The molecule has 7 heteroatoms. The summed E-state index contributed by atoms with van der Waals surface area (Å²) in [5.41, 5.74) is 4.27. The van der Waals surface area contributed by atoms with Gasteiger partial charge in [0.1, 0.15) is 17.2 Å². The number of hydrogen-bond acceptors (Lipinski definition) is 5. The zero-order valence-electron chi connectivity index (χ0n) is 16.4. The Hall–Kier alpha value is -3.87. The van der Waals surface area contributed by atoms with E-state index in [9.17, 15) is 4.79 Å². The first-order chi connectivity index (χ1) is 14.0. The minimum absolute atomic E-state index is 0.262. The molecule has 2 N–H and O–H groups in total. The molecule has 4 rings (SSSR count). The SMILES string of the molecule is CNC(=O)c1cc(Oc2ccc3c(c2)nc(Nc2ccc(C)cc2)n3C)ccn1. The number of nitrogens with zero attached hydrogens (tertiary/aromatic N) is 3. The Balaban J connectivity index is 1.59. The summed E-state index contributed by atoms with van der Waals surface area (Å²) in [6, 6.07) is 17.2. The van der Waals surface area contributed by atoms with Crippen LogP contribution in [0.3, 0.4) is 0 Å². The van der Waals surface area contributed by atoms with Gasteiger partial charge < -0.3 is 19.9 Å². The van der Waals surface area contributed by atoms with Crippen LogP contribution in [0.2, 0.25) is 0 Å². The second-order valence-electron chi connectivity index (χ2n) is 6.69. The van der Waals surface area contributed by atoms with Gasteiger partial charge in [-0.3, -0.25) is 9.78 Å². The van der Waals surface area contributed by atoms with E-state index in [0.29, 0.717) is 17.2 Å². The maximum absolute atomic E-state index is 11.8. The summed E-state index contributed by atoms with van der Waals surface area (Å²) in [5.74, 6) is 1.65. The molecule has 0 unspecified atom stereocenters. The number of nitrogens with one attached hydrogen (secondary N) is 2. The average molecular weight is 387 g/mol. The Bertz CT molecular complexity index is 1180. The predicted octanol–water partition coefficient (Wildman–Crippen LogP) is 4.17. The van der Waals surface area contributed by atoms with Crippen LogP contribution in [-0.4, -0.2) is 27.5 Å². The maximum atomic E-state index is 11.8. The lowest BCUT2D eigenvalue weighted by molar-refractivity contribution is 0.0958. The minimum Gasteiger partial charge on any atom is -0.457 e. The molecule has 0 aliphatic heterocycles. The van der Waals surface area contributed by atoms with Gasteiger partial charge in [-0.1, -0.05) is 17.7 Å². The summed E-state index contributed by atoms with van der Waals surface area (Å²) in [6.45, 7) is 2.06. The zero-order chi connectivity index (χ0) is 20.4. The number of fused-ring (bicyclic) bond motifs is 1. The molecular weight excluding hydrogens is 366 g/mol. The van der Waals surface area contributed by atoms with Crippen molar-refractivity contribution < 1.29 is 9.53 Å². The molecule has 0 radical (unpaired) electrons. The third-order valence-electron chi connectivity index (χ3n) is 4.59. The standard InChI is InChI=1S/C22H21N5O2/c1-14-4-6-15(7-5-14)25-22-26-18-12-16(8-9-20(18)27(22)3)29-17-10-11-24-19(13-17)21(28)23-2/h4-13H,1-3H3,(H,23,28)(H,25,26). The predicted molar refractivity (Wildman–Crippen MR) is 113 cm³/mol. The van der Waals surface area contributed by atoms with Gasteiger partial charge >= 0.3 is 0 Å². The normalized spacial score (nSPS) is 10.7. The van der Waals surface area contributed by atoms with Crippen molar-refractivity contribution in [2.24, 2.45) is 7.05 Å². The van der Waals surface area contributed by atoms with E-state index in [1.165, 1.54) is 5.56 Å². The number of benzene rings is 2. The van der Waals surface area contributed by atoms with Crippen LogP contribution in [0.1, 0.15) is 16.1 Å². The van der Waals surface area contributed by atoms with Gasteiger partial charge in [0, 0.05) is 38.1 Å². The van der Waals surface area contributed by atoms with Crippen LogP contribution in [0.15, 0.2) is 60.8 Å². The Kier molecular flexibility index (Phi) is 4.87. The van der Waals surface area contributed by atoms with Gasteiger partial charge in [0.15, 0.2) is 0 Å². The zero-order valence-corrected chi connectivity index (χ0v) is 16.4. The van der Waals surface area contributed by atoms with E-state index in [1.54, 1.807) is 25.4 Å². The van der Waals surface area contributed by atoms with Crippen molar-refractivity contribution in [1.29, 1.82) is 0 Å². The highest BCUT2D eigenvalue weighted by atomic mass is 16.5. The van der Waals surface area contributed by atoms with Crippen molar-refractivity contribution in [2.75, 3.05) is 12.4 Å². The van der Waals surface area contributed by atoms with Crippen molar-refractivity contribution in [1.82, 2.24) is 19.9 Å². The Morgan fingerprint density at radius 1 is 1.03 bits per heavy atom. The first-order valence-corrected chi connectivity index (χ1v) is 9.19. The summed E-state index contributed by atoms with van der Waals surface area (Å²) in [6.07, 6.45) is 1.54. The van der Waals surface area contributed by atoms with E-state index in [2.05, 4.69) is 39.7 Å².